The Balaban J connectivity index is 1.30. The van der Waals surface area contributed by atoms with Crippen molar-refractivity contribution in [2.75, 3.05) is 13.1 Å². The molecule has 0 radical (unpaired) electrons. The van der Waals surface area contributed by atoms with Gasteiger partial charge in [-0.2, -0.15) is 0 Å². The third-order valence-corrected chi connectivity index (χ3v) is 5.85. The number of carbonyl (C=O) groups excluding carboxylic acids is 2. The Morgan fingerprint density at radius 3 is 2.85 bits per heavy atom. The molecule has 2 amide bonds. The van der Waals surface area contributed by atoms with Crippen molar-refractivity contribution in [3.63, 3.8) is 0 Å². The Hall–Kier alpha value is -3.81. The maximum Gasteiger partial charge on any atom is 0.220 e. The van der Waals surface area contributed by atoms with Crippen molar-refractivity contribution in [2.45, 2.75) is 32.6 Å². The van der Waals surface area contributed by atoms with Gasteiger partial charge in [-0.1, -0.05) is 6.07 Å². The summed E-state index contributed by atoms with van der Waals surface area (Å²) in [5, 5.41) is 6.76. The molecule has 0 saturated heterocycles. The van der Waals surface area contributed by atoms with Gasteiger partial charge in [-0.25, -0.2) is 4.98 Å². The van der Waals surface area contributed by atoms with Gasteiger partial charge in [0.15, 0.2) is 17.3 Å². The van der Waals surface area contributed by atoms with Crippen LogP contribution in [0.1, 0.15) is 31.7 Å². The lowest BCUT2D eigenvalue weighted by Crippen LogP contribution is -2.25. The molecule has 33 heavy (non-hydrogen) atoms. The maximum absolute atomic E-state index is 12.0. The zero-order valence-electron chi connectivity index (χ0n) is 18.4. The fourth-order valence-corrected chi connectivity index (χ4v) is 3.86. The Kier molecular flexibility index (Phi) is 5.73. The van der Waals surface area contributed by atoms with Crippen molar-refractivity contribution in [1.82, 2.24) is 20.6 Å². The zero-order chi connectivity index (χ0) is 22.8. The summed E-state index contributed by atoms with van der Waals surface area (Å²) in [6, 6.07) is 7.82. The predicted octanol–water partition coefficient (Wildman–Crippen LogP) is 3.44. The minimum atomic E-state index is -0.136. The van der Waals surface area contributed by atoms with E-state index in [4.69, 9.17) is 9.47 Å². The van der Waals surface area contributed by atoms with Crippen LogP contribution in [0.25, 0.3) is 22.2 Å². The van der Waals surface area contributed by atoms with E-state index < -0.39 is 0 Å². The quantitative estimate of drug-likeness (QED) is 0.492. The summed E-state index contributed by atoms with van der Waals surface area (Å²) in [6.07, 6.45) is 9.01. The van der Waals surface area contributed by atoms with E-state index in [9.17, 15) is 9.59 Å². The van der Waals surface area contributed by atoms with Crippen molar-refractivity contribution in [3.8, 4) is 22.6 Å². The Morgan fingerprint density at radius 1 is 1.15 bits per heavy atom. The summed E-state index contributed by atoms with van der Waals surface area (Å²) in [5.74, 6) is 2.32. The van der Waals surface area contributed by atoms with Crippen LogP contribution in [-0.4, -0.2) is 34.9 Å². The molecular formula is C25H26N4O4. The molecule has 2 aliphatic rings. The highest BCUT2D eigenvalue weighted by molar-refractivity contribution is 5.85. The first kappa shape index (κ1) is 21.1. The average molecular weight is 447 g/mol. The van der Waals surface area contributed by atoms with Crippen molar-refractivity contribution in [2.24, 2.45) is 5.92 Å². The number of aromatic amines is 1. The molecule has 0 bridgehead atoms. The van der Waals surface area contributed by atoms with Gasteiger partial charge >= 0.3 is 0 Å². The smallest absolute Gasteiger partial charge is 0.220 e. The normalized spacial score (nSPS) is 14.6. The molecule has 1 aliphatic carbocycles. The Labute approximate surface area is 191 Å². The molecule has 1 saturated carbocycles. The van der Waals surface area contributed by atoms with Gasteiger partial charge in [0.1, 0.15) is 11.9 Å². The number of benzene rings is 1. The number of pyridine rings is 1. The van der Waals surface area contributed by atoms with E-state index in [0.29, 0.717) is 36.1 Å². The molecule has 1 aromatic carbocycles. The molecule has 1 fully saturated rings. The third-order valence-electron chi connectivity index (χ3n) is 5.85. The fraction of sp³-hybridized carbons (Fsp3) is 0.320. The van der Waals surface area contributed by atoms with Gasteiger partial charge in [0, 0.05) is 43.2 Å². The lowest BCUT2D eigenvalue weighted by molar-refractivity contribution is -0.121. The first-order chi connectivity index (χ1) is 16.0. The Morgan fingerprint density at radius 2 is 2.03 bits per heavy atom. The van der Waals surface area contributed by atoms with E-state index in [1.54, 1.807) is 0 Å². The second-order valence-electron chi connectivity index (χ2n) is 8.56. The van der Waals surface area contributed by atoms with E-state index in [1.165, 1.54) is 26.0 Å². The lowest BCUT2D eigenvalue weighted by atomic mass is 10.0. The van der Waals surface area contributed by atoms with Crippen LogP contribution in [-0.2, 0) is 16.0 Å². The number of fused-ring (bicyclic) bond motifs is 2. The van der Waals surface area contributed by atoms with Crippen LogP contribution in [0.5, 0.6) is 11.5 Å². The summed E-state index contributed by atoms with van der Waals surface area (Å²) < 4.78 is 11.5. The summed E-state index contributed by atoms with van der Waals surface area (Å²) >= 11 is 0. The van der Waals surface area contributed by atoms with E-state index in [1.807, 2.05) is 30.6 Å². The zero-order valence-corrected chi connectivity index (χ0v) is 18.4. The van der Waals surface area contributed by atoms with Gasteiger partial charge in [-0.15, -0.1) is 0 Å². The molecule has 2 aromatic heterocycles. The largest absolute Gasteiger partial charge is 0.457 e. The van der Waals surface area contributed by atoms with E-state index in [2.05, 4.69) is 26.7 Å². The van der Waals surface area contributed by atoms with Gasteiger partial charge < -0.3 is 25.1 Å². The van der Waals surface area contributed by atoms with Crippen LogP contribution >= 0.6 is 0 Å². The number of nitrogens with zero attached hydrogens (tertiary/aromatic N) is 1. The number of hydrogen-bond donors (Lipinski definition) is 3. The molecule has 3 heterocycles. The van der Waals surface area contributed by atoms with Crippen LogP contribution in [0.4, 0.5) is 0 Å². The lowest BCUT2D eigenvalue weighted by Gasteiger charge is -2.19. The fourth-order valence-electron chi connectivity index (χ4n) is 3.86. The first-order valence-electron chi connectivity index (χ1n) is 11.2. The number of ether oxygens (including phenoxy) is 2. The van der Waals surface area contributed by atoms with E-state index >= 15 is 0 Å². The first-order valence-corrected chi connectivity index (χ1v) is 11.2. The van der Waals surface area contributed by atoms with Gasteiger partial charge in [0.05, 0.1) is 6.54 Å². The highest BCUT2D eigenvalue weighted by Gasteiger charge is 2.24. The number of H-pyrrole nitrogens is 1. The summed E-state index contributed by atoms with van der Waals surface area (Å²) in [5.41, 5.74) is 3.82. The van der Waals surface area contributed by atoms with Gasteiger partial charge in [0.25, 0.3) is 0 Å². The van der Waals surface area contributed by atoms with Crippen molar-refractivity contribution in [1.29, 1.82) is 0 Å². The standard InChI is InChI=1S/C25H26N4O4/c1-15(30)27-13-20-14-32-22-5-4-17(10-23(22)33-20)19-9-21-18(11-28-25(21)29-12-19)6-7-26-24(31)8-16-2-3-16/h4-5,9-12,14,16H,2-3,6-8,13H2,1H3,(H,26,31)(H,27,30)(H,28,29). The monoisotopic (exact) mass is 446 g/mol. The number of hydrogen-bond acceptors (Lipinski definition) is 5. The molecule has 170 valence electrons. The summed E-state index contributed by atoms with van der Waals surface area (Å²) in [6.45, 7) is 2.32. The van der Waals surface area contributed by atoms with Gasteiger partial charge in [-0.05, 0) is 54.5 Å². The van der Waals surface area contributed by atoms with Crippen LogP contribution in [0.2, 0.25) is 0 Å². The minimum Gasteiger partial charge on any atom is -0.457 e. The number of aromatic nitrogens is 2. The molecule has 8 heteroatoms. The van der Waals surface area contributed by atoms with Crippen LogP contribution in [0, 0.1) is 5.92 Å². The predicted molar refractivity (Wildman–Crippen MR) is 124 cm³/mol. The molecule has 0 atom stereocenters. The van der Waals surface area contributed by atoms with Crippen LogP contribution in [0.15, 0.2) is 48.7 Å². The molecule has 1 aliphatic heterocycles. The van der Waals surface area contributed by atoms with Crippen LogP contribution < -0.4 is 20.1 Å². The van der Waals surface area contributed by atoms with E-state index in [-0.39, 0.29) is 18.4 Å². The Bertz CT molecular complexity index is 1240. The molecule has 8 nitrogen and oxygen atoms in total. The van der Waals surface area contributed by atoms with E-state index in [0.717, 1.165) is 34.1 Å². The maximum atomic E-state index is 12.0. The molecule has 3 N–H and O–H groups in total. The third kappa shape index (κ3) is 5.00. The van der Waals surface area contributed by atoms with Crippen molar-refractivity contribution < 1.29 is 19.1 Å². The number of carbonyl (C=O) groups is 2. The molecular weight excluding hydrogens is 420 g/mol. The topological polar surface area (TPSA) is 105 Å². The number of amides is 2. The van der Waals surface area contributed by atoms with Crippen LogP contribution in [0.3, 0.4) is 0 Å². The SMILES string of the molecule is CC(=O)NCC1=COc2ccc(-c3cnc4[nH]cc(CCNC(=O)CC5CC5)c4c3)cc2O1. The van der Waals surface area contributed by atoms with Crippen molar-refractivity contribution in [3.05, 3.63) is 54.2 Å². The highest BCUT2D eigenvalue weighted by atomic mass is 16.6. The molecule has 3 aromatic rings. The second-order valence-corrected chi connectivity index (χ2v) is 8.56. The van der Waals surface area contributed by atoms with Crippen molar-refractivity contribution >= 4 is 22.8 Å². The minimum absolute atomic E-state index is 0.136. The average Bonchev–Trinajstić information content (AvgIpc) is 3.54. The van der Waals surface area contributed by atoms with Gasteiger partial charge in [0.2, 0.25) is 11.8 Å². The number of rotatable bonds is 8. The second kappa shape index (κ2) is 8.97. The van der Waals surface area contributed by atoms with Gasteiger partial charge in [-0.3, -0.25) is 9.59 Å². The summed E-state index contributed by atoms with van der Waals surface area (Å²) in [7, 11) is 0. The summed E-state index contributed by atoms with van der Waals surface area (Å²) in [4.78, 5) is 30.9. The molecule has 0 unspecified atom stereocenters. The highest BCUT2D eigenvalue weighted by Crippen LogP contribution is 2.37. The molecule has 0 spiro atoms. The number of nitrogens with one attached hydrogen (secondary N) is 3. The molecule has 5 rings (SSSR count).